The van der Waals surface area contributed by atoms with Crippen LogP contribution in [0.3, 0.4) is 0 Å². The molecule has 0 aromatic heterocycles. The lowest BCUT2D eigenvalue weighted by molar-refractivity contribution is -0.194. The summed E-state index contributed by atoms with van der Waals surface area (Å²) in [5.41, 5.74) is 0.227. The Morgan fingerprint density at radius 3 is 2.33 bits per heavy atom. The number of alkyl halides is 3. The van der Waals surface area contributed by atoms with E-state index in [4.69, 9.17) is 4.18 Å². The lowest BCUT2D eigenvalue weighted by Gasteiger charge is -2.52. The first-order valence-corrected chi connectivity index (χ1v) is 13.4. The Labute approximate surface area is 203 Å². The van der Waals surface area contributed by atoms with Gasteiger partial charge in [0.2, 0.25) is 0 Å². The summed E-state index contributed by atoms with van der Waals surface area (Å²) in [4.78, 5) is 0. The van der Waals surface area contributed by atoms with Crippen molar-refractivity contribution < 1.29 is 17.4 Å². The average Bonchev–Trinajstić information content (AvgIpc) is 2.99. The quantitative estimate of drug-likeness (QED) is 0.385. The van der Waals surface area contributed by atoms with Crippen LogP contribution in [0.4, 0.5) is 13.2 Å². The van der Waals surface area contributed by atoms with Gasteiger partial charge in [0.25, 0.3) is 0 Å². The Balaban J connectivity index is 0.00000306. The van der Waals surface area contributed by atoms with E-state index in [1.165, 1.54) is 0 Å². The lowest BCUT2D eigenvalue weighted by atomic mass is 9.54. The minimum atomic E-state index is -4.02. The third-order valence-corrected chi connectivity index (χ3v) is 10.3. The summed E-state index contributed by atoms with van der Waals surface area (Å²) in [5, 5.41) is 0.450. The molecule has 3 fully saturated rings. The minimum Gasteiger partial charge on any atom is -0.426 e. The van der Waals surface area contributed by atoms with Crippen molar-refractivity contribution >= 4 is 12.0 Å². The van der Waals surface area contributed by atoms with E-state index in [2.05, 4.69) is 27.7 Å². The van der Waals surface area contributed by atoms with Gasteiger partial charge in [0.1, 0.15) is 5.75 Å². The van der Waals surface area contributed by atoms with Gasteiger partial charge in [0, 0.05) is 5.25 Å². The van der Waals surface area contributed by atoms with Gasteiger partial charge < -0.3 is 4.18 Å². The SMILES string of the molecule is C.CCC1[C@H](C2[C@H](C)C(SOc3ccccc3)CC2(C)C)CCC2CC(C(F)(F)F)CC[C@@H]21. The summed E-state index contributed by atoms with van der Waals surface area (Å²) >= 11 is 1.62. The summed E-state index contributed by atoms with van der Waals surface area (Å²) in [6.07, 6.45) is 1.75. The lowest BCUT2D eigenvalue weighted by Crippen LogP contribution is -2.45. The van der Waals surface area contributed by atoms with E-state index < -0.39 is 12.1 Å². The van der Waals surface area contributed by atoms with Crippen molar-refractivity contribution in [2.45, 2.75) is 91.5 Å². The number of rotatable bonds is 5. The molecular weight excluding hydrogens is 441 g/mol. The third kappa shape index (κ3) is 5.54. The van der Waals surface area contributed by atoms with Crippen molar-refractivity contribution in [3.8, 4) is 5.75 Å². The molecule has 1 aromatic rings. The van der Waals surface area contributed by atoms with E-state index in [0.29, 0.717) is 47.7 Å². The molecule has 5 heteroatoms. The molecule has 33 heavy (non-hydrogen) atoms. The first-order chi connectivity index (χ1) is 15.1. The molecule has 8 atom stereocenters. The number of fused-ring (bicyclic) bond motifs is 1. The molecule has 0 radical (unpaired) electrons. The van der Waals surface area contributed by atoms with Gasteiger partial charge in [-0.05, 0) is 91.6 Å². The van der Waals surface area contributed by atoms with Crippen LogP contribution in [-0.2, 0) is 0 Å². The molecule has 0 heterocycles. The van der Waals surface area contributed by atoms with Crippen molar-refractivity contribution in [3.63, 3.8) is 0 Å². The van der Waals surface area contributed by atoms with Gasteiger partial charge in [0.15, 0.2) is 0 Å². The number of para-hydroxylation sites is 1. The number of hydrogen-bond donors (Lipinski definition) is 0. The Kier molecular flexibility index (Phi) is 8.45. The predicted molar refractivity (Wildman–Crippen MR) is 133 cm³/mol. The van der Waals surface area contributed by atoms with Crippen molar-refractivity contribution in [2.24, 2.45) is 46.8 Å². The highest BCUT2D eigenvalue weighted by atomic mass is 32.2. The summed E-state index contributed by atoms with van der Waals surface area (Å²) in [5.74, 6) is 2.90. The second kappa shape index (κ2) is 10.4. The smallest absolute Gasteiger partial charge is 0.391 e. The van der Waals surface area contributed by atoms with Crippen molar-refractivity contribution in [3.05, 3.63) is 30.3 Å². The standard InChI is InChI=1S/C27H39F3OS.CH4/c1-5-21-22-14-12-19(27(28,29)30)15-18(22)11-13-23(21)25-17(2)24(16-26(25,3)4)32-31-20-9-7-6-8-10-20;/h6-10,17-19,21-25H,5,11-16H2,1-4H3;1H4/t17-,18?,19?,21?,22+,23-,24?,25?;/m1./s1. The highest BCUT2D eigenvalue weighted by Gasteiger charge is 2.55. The number of hydrogen-bond acceptors (Lipinski definition) is 2. The average molecular weight is 485 g/mol. The maximum Gasteiger partial charge on any atom is 0.391 e. The van der Waals surface area contributed by atoms with Crippen LogP contribution < -0.4 is 4.18 Å². The normalized spacial score (nSPS) is 38.3. The van der Waals surface area contributed by atoms with Gasteiger partial charge in [-0.15, -0.1) is 0 Å². The molecule has 1 nitrogen and oxygen atoms in total. The molecule has 0 saturated heterocycles. The Morgan fingerprint density at radius 1 is 1.03 bits per heavy atom. The monoisotopic (exact) mass is 484 g/mol. The zero-order valence-corrected chi connectivity index (χ0v) is 20.7. The molecule has 1 aromatic carbocycles. The fraction of sp³-hybridized carbons (Fsp3) is 0.786. The highest BCUT2D eigenvalue weighted by Crippen LogP contribution is 2.61. The van der Waals surface area contributed by atoms with E-state index in [-0.39, 0.29) is 18.8 Å². The van der Waals surface area contributed by atoms with E-state index >= 15 is 0 Å². The van der Waals surface area contributed by atoms with E-state index in [1.807, 2.05) is 30.3 Å². The first kappa shape index (κ1) is 26.8. The van der Waals surface area contributed by atoms with Gasteiger partial charge in [-0.25, -0.2) is 0 Å². The molecule has 0 amide bonds. The summed E-state index contributed by atoms with van der Waals surface area (Å²) < 4.78 is 46.2. The van der Waals surface area contributed by atoms with Crippen molar-refractivity contribution in [1.82, 2.24) is 0 Å². The van der Waals surface area contributed by atoms with Crippen LogP contribution in [0.25, 0.3) is 0 Å². The van der Waals surface area contributed by atoms with Crippen molar-refractivity contribution in [2.75, 3.05) is 0 Å². The maximum absolute atomic E-state index is 13.4. The van der Waals surface area contributed by atoms with Crippen molar-refractivity contribution in [1.29, 1.82) is 0 Å². The maximum atomic E-state index is 13.4. The Hall–Kier alpha value is -0.840. The first-order valence-electron chi connectivity index (χ1n) is 12.6. The predicted octanol–water partition coefficient (Wildman–Crippen LogP) is 9.43. The molecule has 188 valence electrons. The number of benzene rings is 1. The fourth-order valence-corrected chi connectivity index (χ4v) is 9.13. The summed E-state index contributed by atoms with van der Waals surface area (Å²) in [6.45, 7) is 9.49. The minimum absolute atomic E-state index is 0. The molecule has 0 N–H and O–H groups in total. The van der Waals surface area contributed by atoms with Gasteiger partial charge >= 0.3 is 6.18 Å². The second-order valence-electron chi connectivity index (χ2n) is 11.4. The molecular formula is C28H43F3OS. The Morgan fingerprint density at radius 2 is 1.70 bits per heavy atom. The molecule has 5 unspecified atom stereocenters. The summed E-state index contributed by atoms with van der Waals surface area (Å²) in [7, 11) is 0. The van der Waals surface area contributed by atoms with Gasteiger partial charge in [-0.2, -0.15) is 13.2 Å². The van der Waals surface area contributed by atoms with Crippen LogP contribution >= 0.6 is 12.0 Å². The third-order valence-electron chi connectivity index (χ3n) is 9.20. The van der Waals surface area contributed by atoms with Crippen LogP contribution in [0.1, 0.15) is 80.1 Å². The van der Waals surface area contributed by atoms with Crippen LogP contribution in [-0.4, -0.2) is 11.4 Å². The molecule has 0 aliphatic heterocycles. The van der Waals surface area contributed by atoms with E-state index in [1.54, 1.807) is 12.0 Å². The fourth-order valence-electron chi connectivity index (χ4n) is 7.94. The Bertz CT molecular complexity index is 749. The molecule has 0 bridgehead atoms. The van der Waals surface area contributed by atoms with Crippen LogP contribution in [0.15, 0.2) is 30.3 Å². The topological polar surface area (TPSA) is 9.23 Å². The summed E-state index contributed by atoms with van der Waals surface area (Å²) in [6, 6.07) is 10.00. The molecule has 0 spiro atoms. The number of halogens is 3. The molecule has 3 aliphatic rings. The zero-order valence-electron chi connectivity index (χ0n) is 19.9. The molecule has 3 aliphatic carbocycles. The van der Waals surface area contributed by atoms with Crippen LogP contribution in [0.2, 0.25) is 0 Å². The van der Waals surface area contributed by atoms with Gasteiger partial charge in [-0.3, -0.25) is 0 Å². The molecule has 4 rings (SSSR count). The van der Waals surface area contributed by atoms with E-state index in [0.717, 1.165) is 37.9 Å². The van der Waals surface area contributed by atoms with Crippen LogP contribution in [0.5, 0.6) is 5.75 Å². The second-order valence-corrected chi connectivity index (χ2v) is 12.4. The zero-order chi connectivity index (χ0) is 23.1. The van der Waals surface area contributed by atoms with Gasteiger partial charge in [0.05, 0.1) is 18.0 Å². The van der Waals surface area contributed by atoms with E-state index in [9.17, 15) is 13.2 Å². The highest BCUT2D eigenvalue weighted by molar-refractivity contribution is 7.95. The van der Waals surface area contributed by atoms with Crippen LogP contribution in [0, 0.1) is 46.8 Å². The molecule has 3 saturated carbocycles. The van der Waals surface area contributed by atoms with Gasteiger partial charge in [-0.1, -0.05) is 59.7 Å². The largest absolute Gasteiger partial charge is 0.426 e.